The molecule has 1 aliphatic rings. The molecule has 2 rings (SSSR count). The van der Waals surface area contributed by atoms with Gasteiger partial charge in [-0.05, 0) is 25.4 Å². The van der Waals surface area contributed by atoms with Gasteiger partial charge in [-0.2, -0.15) is 0 Å². The molecule has 1 fully saturated rings. The Morgan fingerprint density at radius 1 is 1.58 bits per heavy atom. The Hall–Kier alpha value is -1.69. The van der Waals surface area contributed by atoms with E-state index in [1.165, 1.54) is 19.7 Å². The number of carbonyl (C=O) groups excluding carboxylic acids is 1. The number of hydrogen-bond donors (Lipinski definition) is 1. The van der Waals surface area contributed by atoms with E-state index < -0.39 is 5.97 Å². The predicted octanol–water partition coefficient (Wildman–Crippen LogP) is 1.02. The van der Waals surface area contributed by atoms with Crippen molar-refractivity contribution in [2.24, 2.45) is 5.92 Å². The summed E-state index contributed by atoms with van der Waals surface area (Å²) >= 11 is 0. The topological polar surface area (TPSA) is 67.4 Å². The van der Waals surface area contributed by atoms with E-state index in [1.807, 2.05) is 0 Å². The van der Waals surface area contributed by atoms with Crippen LogP contribution in [-0.2, 0) is 4.74 Å². The lowest BCUT2D eigenvalue weighted by molar-refractivity contribution is 0.0593. The second kappa shape index (κ2) is 6.47. The zero-order valence-corrected chi connectivity index (χ0v) is 11.4. The van der Waals surface area contributed by atoms with Crippen molar-refractivity contribution in [2.75, 3.05) is 38.6 Å². The van der Waals surface area contributed by atoms with Crippen molar-refractivity contribution in [1.82, 2.24) is 14.9 Å². The number of anilines is 1. The number of ether oxygens (including phenoxy) is 1. The molecule has 0 spiro atoms. The third-order valence-corrected chi connectivity index (χ3v) is 3.42. The van der Waals surface area contributed by atoms with Gasteiger partial charge in [0, 0.05) is 13.1 Å². The molecule has 0 aliphatic carbocycles. The van der Waals surface area contributed by atoms with Gasteiger partial charge in [-0.3, -0.25) is 4.98 Å². The van der Waals surface area contributed by atoms with Gasteiger partial charge >= 0.3 is 5.97 Å². The first kappa shape index (κ1) is 13.7. The summed E-state index contributed by atoms with van der Waals surface area (Å²) in [5, 5.41) is 3.24. The zero-order chi connectivity index (χ0) is 13.7. The van der Waals surface area contributed by atoms with Gasteiger partial charge in [-0.25, -0.2) is 9.78 Å². The highest BCUT2D eigenvalue weighted by Crippen LogP contribution is 2.16. The smallest absolute Gasteiger partial charge is 0.358 e. The SMILES string of the molecule is CCN1CCC(CNc2cncc(C(=O)OC)n2)C1. The first-order valence-corrected chi connectivity index (χ1v) is 6.59. The molecule has 0 aromatic carbocycles. The normalized spacial score (nSPS) is 19.4. The molecule has 1 aliphatic heterocycles. The Labute approximate surface area is 113 Å². The van der Waals surface area contributed by atoms with E-state index in [1.54, 1.807) is 6.20 Å². The lowest BCUT2D eigenvalue weighted by Crippen LogP contribution is -2.22. The summed E-state index contributed by atoms with van der Waals surface area (Å²) < 4.78 is 4.62. The average molecular weight is 264 g/mol. The molecular formula is C13H20N4O2. The van der Waals surface area contributed by atoms with Crippen LogP contribution in [0.25, 0.3) is 0 Å². The number of methoxy groups -OCH3 is 1. The lowest BCUT2D eigenvalue weighted by Gasteiger charge is -2.14. The summed E-state index contributed by atoms with van der Waals surface area (Å²) in [5.41, 5.74) is 0.231. The molecular weight excluding hydrogens is 244 g/mol. The van der Waals surface area contributed by atoms with E-state index in [0.717, 1.165) is 26.2 Å². The highest BCUT2D eigenvalue weighted by molar-refractivity contribution is 5.87. The largest absolute Gasteiger partial charge is 0.464 e. The minimum atomic E-state index is -0.464. The number of hydrogen-bond acceptors (Lipinski definition) is 6. The van der Waals surface area contributed by atoms with Crippen LogP contribution in [0.5, 0.6) is 0 Å². The van der Waals surface area contributed by atoms with Crippen LogP contribution in [0.2, 0.25) is 0 Å². The number of aromatic nitrogens is 2. The van der Waals surface area contributed by atoms with Crippen molar-refractivity contribution >= 4 is 11.8 Å². The lowest BCUT2D eigenvalue weighted by atomic mass is 10.1. The standard InChI is InChI=1S/C13H20N4O2/c1-3-17-5-4-10(9-17)6-15-12-8-14-7-11(16-12)13(18)19-2/h7-8,10H,3-6,9H2,1-2H3,(H,15,16). The maximum Gasteiger partial charge on any atom is 0.358 e. The van der Waals surface area contributed by atoms with Crippen LogP contribution in [0, 0.1) is 5.92 Å². The van der Waals surface area contributed by atoms with Gasteiger partial charge in [0.05, 0.1) is 19.5 Å². The number of likely N-dealkylation sites (tertiary alicyclic amines) is 1. The Bertz CT molecular complexity index is 438. The maximum absolute atomic E-state index is 11.3. The van der Waals surface area contributed by atoms with Gasteiger partial charge < -0.3 is 15.0 Å². The Kier molecular flexibility index (Phi) is 4.68. The average Bonchev–Trinajstić information content (AvgIpc) is 2.92. The minimum Gasteiger partial charge on any atom is -0.464 e. The second-order valence-electron chi connectivity index (χ2n) is 4.71. The van der Waals surface area contributed by atoms with E-state index in [-0.39, 0.29) is 5.69 Å². The van der Waals surface area contributed by atoms with Crippen LogP contribution in [0.15, 0.2) is 12.4 Å². The molecule has 1 atom stereocenters. The molecule has 1 N–H and O–H groups in total. The molecule has 2 heterocycles. The number of nitrogens with zero attached hydrogens (tertiary/aromatic N) is 3. The van der Waals surface area contributed by atoms with E-state index >= 15 is 0 Å². The van der Waals surface area contributed by atoms with Crippen molar-refractivity contribution in [1.29, 1.82) is 0 Å². The predicted molar refractivity (Wildman–Crippen MR) is 72.1 cm³/mol. The van der Waals surface area contributed by atoms with Gasteiger partial charge in [0.25, 0.3) is 0 Å². The molecule has 0 bridgehead atoms. The van der Waals surface area contributed by atoms with Crippen LogP contribution in [0.1, 0.15) is 23.8 Å². The fraction of sp³-hybridized carbons (Fsp3) is 0.615. The van der Waals surface area contributed by atoms with Gasteiger partial charge in [-0.15, -0.1) is 0 Å². The van der Waals surface area contributed by atoms with Crippen LogP contribution >= 0.6 is 0 Å². The van der Waals surface area contributed by atoms with Gasteiger partial charge in [-0.1, -0.05) is 6.92 Å². The summed E-state index contributed by atoms with van der Waals surface area (Å²) in [4.78, 5) is 22.0. The summed E-state index contributed by atoms with van der Waals surface area (Å²) in [7, 11) is 1.34. The van der Waals surface area contributed by atoms with Crippen molar-refractivity contribution in [3.8, 4) is 0 Å². The van der Waals surface area contributed by atoms with E-state index in [0.29, 0.717) is 11.7 Å². The number of nitrogens with one attached hydrogen (secondary N) is 1. The monoisotopic (exact) mass is 264 g/mol. The van der Waals surface area contributed by atoms with Crippen molar-refractivity contribution in [3.05, 3.63) is 18.1 Å². The molecule has 6 heteroatoms. The van der Waals surface area contributed by atoms with Crippen molar-refractivity contribution in [2.45, 2.75) is 13.3 Å². The molecule has 1 unspecified atom stereocenters. The van der Waals surface area contributed by atoms with Crippen LogP contribution in [0.3, 0.4) is 0 Å². The fourth-order valence-corrected chi connectivity index (χ4v) is 2.27. The first-order chi connectivity index (χ1) is 9.22. The molecule has 0 saturated carbocycles. The molecule has 1 saturated heterocycles. The first-order valence-electron chi connectivity index (χ1n) is 6.59. The third-order valence-electron chi connectivity index (χ3n) is 3.42. The van der Waals surface area contributed by atoms with Gasteiger partial charge in [0.1, 0.15) is 5.82 Å². The van der Waals surface area contributed by atoms with Gasteiger partial charge in [0.15, 0.2) is 5.69 Å². The van der Waals surface area contributed by atoms with Crippen molar-refractivity contribution in [3.63, 3.8) is 0 Å². The Morgan fingerprint density at radius 3 is 3.11 bits per heavy atom. The minimum absolute atomic E-state index is 0.231. The number of esters is 1. The van der Waals surface area contributed by atoms with E-state index in [2.05, 4.69) is 31.8 Å². The van der Waals surface area contributed by atoms with Gasteiger partial charge in [0.2, 0.25) is 0 Å². The van der Waals surface area contributed by atoms with Crippen LogP contribution < -0.4 is 5.32 Å². The highest BCUT2D eigenvalue weighted by atomic mass is 16.5. The zero-order valence-electron chi connectivity index (χ0n) is 11.4. The number of carbonyl (C=O) groups is 1. The molecule has 19 heavy (non-hydrogen) atoms. The summed E-state index contributed by atoms with van der Waals surface area (Å²) in [6.07, 6.45) is 4.23. The quantitative estimate of drug-likeness (QED) is 0.801. The molecule has 0 radical (unpaired) electrons. The van der Waals surface area contributed by atoms with E-state index in [9.17, 15) is 4.79 Å². The molecule has 0 amide bonds. The summed E-state index contributed by atoms with van der Waals surface area (Å²) in [6.45, 7) is 6.43. The molecule has 1 aromatic rings. The van der Waals surface area contributed by atoms with Crippen molar-refractivity contribution < 1.29 is 9.53 Å². The maximum atomic E-state index is 11.3. The Morgan fingerprint density at radius 2 is 2.42 bits per heavy atom. The summed E-state index contributed by atoms with van der Waals surface area (Å²) in [6, 6.07) is 0. The van der Waals surface area contributed by atoms with Crippen LogP contribution in [-0.4, -0.2) is 54.1 Å². The Balaban J connectivity index is 1.88. The second-order valence-corrected chi connectivity index (χ2v) is 4.71. The number of rotatable bonds is 5. The molecule has 6 nitrogen and oxygen atoms in total. The highest BCUT2D eigenvalue weighted by Gasteiger charge is 2.20. The fourth-order valence-electron chi connectivity index (χ4n) is 2.27. The third kappa shape index (κ3) is 3.64. The molecule has 1 aromatic heterocycles. The van der Waals surface area contributed by atoms with E-state index in [4.69, 9.17) is 0 Å². The van der Waals surface area contributed by atoms with Crippen LogP contribution in [0.4, 0.5) is 5.82 Å². The molecule has 104 valence electrons. The summed E-state index contributed by atoms with van der Waals surface area (Å²) in [5.74, 6) is 0.788.